The van der Waals surface area contributed by atoms with E-state index in [1.807, 2.05) is 18.4 Å². The van der Waals surface area contributed by atoms with Crippen molar-refractivity contribution in [1.82, 2.24) is 5.32 Å². The van der Waals surface area contributed by atoms with Gasteiger partial charge in [-0.1, -0.05) is 20.8 Å². The molecule has 1 aliphatic rings. The van der Waals surface area contributed by atoms with Crippen LogP contribution in [0.25, 0.3) is 10.1 Å². The van der Waals surface area contributed by atoms with Crippen LogP contribution in [0.5, 0.6) is 11.5 Å². The molecule has 3 rings (SSSR count). The van der Waals surface area contributed by atoms with E-state index >= 15 is 0 Å². The van der Waals surface area contributed by atoms with E-state index < -0.39 is 0 Å². The Morgan fingerprint density at radius 2 is 1.80 bits per heavy atom. The quantitative estimate of drug-likeness (QED) is 0.915. The van der Waals surface area contributed by atoms with Crippen molar-refractivity contribution < 1.29 is 9.47 Å². The summed E-state index contributed by atoms with van der Waals surface area (Å²) < 4.78 is 12.7. The lowest BCUT2D eigenvalue weighted by Gasteiger charge is -2.22. The maximum Gasteiger partial charge on any atom is 0.162 e. The molecule has 0 saturated carbocycles. The van der Waals surface area contributed by atoms with E-state index in [-0.39, 0.29) is 5.41 Å². The molecule has 1 N–H and O–H groups in total. The first-order valence-electron chi connectivity index (χ1n) is 7.01. The molecule has 0 unspecified atom stereocenters. The molecule has 1 aromatic carbocycles. The second kappa shape index (κ2) is 4.93. The number of thiophene rings is 1. The number of hydrogen-bond donors (Lipinski definition) is 1. The van der Waals surface area contributed by atoms with Gasteiger partial charge in [-0.05, 0) is 24.1 Å². The Hall–Kier alpha value is -1.26. The van der Waals surface area contributed by atoms with Crippen molar-refractivity contribution in [3.63, 3.8) is 0 Å². The van der Waals surface area contributed by atoms with Gasteiger partial charge in [0.05, 0.1) is 0 Å². The normalized spacial score (nSPS) is 14.8. The average molecular weight is 291 g/mol. The Balaban J connectivity index is 2.24. The molecule has 1 aromatic heterocycles. The molecule has 0 aliphatic carbocycles. The molecule has 108 valence electrons. The molecule has 2 aromatic rings. The van der Waals surface area contributed by atoms with Gasteiger partial charge in [0.15, 0.2) is 11.5 Å². The van der Waals surface area contributed by atoms with Crippen molar-refractivity contribution in [2.24, 2.45) is 0 Å². The van der Waals surface area contributed by atoms with Crippen LogP contribution in [0.15, 0.2) is 12.1 Å². The van der Waals surface area contributed by atoms with Crippen molar-refractivity contribution in [3.05, 3.63) is 22.6 Å². The first-order valence-corrected chi connectivity index (χ1v) is 7.82. The number of nitrogens with one attached hydrogen (secondary N) is 1. The summed E-state index contributed by atoms with van der Waals surface area (Å²) in [5, 5.41) is 4.58. The summed E-state index contributed by atoms with van der Waals surface area (Å²) in [6.07, 6.45) is 0. The zero-order valence-corrected chi connectivity index (χ0v) is 13.3. The fraction of sp³-hybridized carbons (Fsp3) is 0.500. The lowest BCUT2D eigenvalue weighted by molar-refractivity contribution is 0.172. The molecule has 0 saturated heterocycles. The number of benzene rings is 1. The minimum Gasteiger partial charge on any atom is -0.486 e. The molecule has 0 spiro atoms. The highest BCUT2D eigenvalue weighted by atomic mass is 32.1. The molecule has 0 amide bonds. The van der Waals surface area contributed by atoms with Crippen LogP contribution in [0, 0.1) is 0 Å². The van der Waals surface area contributed by atoms with E-state index in [0.29, 0.717) is 13.2 Å². The second-order valence-corrected chi connectivity index (χ2v) is 7.31. The Labute approximate surface area is 123 Å². The summed E-state index contributed by atoms with van der Waals surface area (Å²) in [6.45, 7) is 8.98. The third-order valence-electron chi connectivity index (χ3n) is 3.51. The SMILES string of the molecule is CNCc1sc2cc3c(cc2c1C(C)(C)C)OCCO3. The van der Waals surface area contributed by atoms with E-state index in [2.05, 4.69) is 38.2 Å². The van der Waals surface area contributed by atoms with Crippen molar-refractivity contribution in [2.45, 2.75) is 32.7 Å². The third-order valence-corrected chi connectivity index (χ3v) is 4.67. The molecular weight excluding hydrogens is 270 g/mol. The number of hydrogen-bond acceptors (Lipinski definition) is 4. The van der Waals surface area contributed by atoms with Gasteiger partial charge in [-0.3, -0.25) is 0 Å². The topological polar surface area (TPSA) is 30.5 Å². The van der Waals surface area contributed by atoms with Gasteiger partial charge < -0.3 is 14.8 Å². The molecule has 0 atom stereocenters. The van der Waals surface area contributed by atoms with Crippen LogP contribution in [0.1, 0.15) is 31.2 Å². The fourth-order valence-corrected chi connectivity index (χ4v) is 4.23. The first-order chi connectivity index (χ1) is 9.50. The van der Waals surface area contributed by atoms with Gasteiger partial charge in [0.25, 0.3) is 0 Å². The van der Waals surface area contributed by atoms with Crippen molar-refractivity contribution >= 4 is 21.4 Å². The van der Waals surface area contributed by atoms with Gasteiger partial charge in [0.1, 0.15) is 13.2 Å². The molecule has 0 fully saturated rings. The van der Waals surface area contributed by atoms with E-state index in [1.54, 1.807) is 0 Å². The van der Waals surface area contributed by atoms with E-state index in [4.69, 9.17) is 9.47 Å². The fourth-order valence-electron chi connectivity index (χ4n) is 2.79. The molecule has 1 aliphatic heterocycles. The summed E-state index contributed by atoms with van der Waals surface area (Å²) in [6, 6.07) is 4.28. The Morgan fingerprint density at radius 3 is 2.40 bits per heavy atom. The summed E-state index contributed by atoms with van der Waals surface area (Å²) >= 11 is 1.85. The van der Waals surface area contributed by atoms with Crippen molar-refractivity contribution in [1.29, 1.82) is 0 Å². The van der Waals surface area contributed by atoms with E-state index in [0.717, 1.165) is 18.0 Å². The van der Waals surface area contributed by atoms with Gasteiger partial charge in [0.2, 0.25) is 0 Å². The molecule has 0 radical (unpaired) electrons. The summed E-state index contributed by atoms with van der Waals surface area (Å²) in [5.41, 5.74) is 1.54. The van der Waals surface area contributed by atoms with E-state index in [1.165, 1.54) is 20.5 Å². The Bertz CT molecular complexity index is 640. The highest BCUT2D eigenvalue weighted by Crippen LogP contribution is 2.44. The predicted molar refractivity (Wildman–Crippen MR) is 84.3 cm³/mol. The zero-order valence-electron chi connectivity index (χ0n) is 12.5. The number of fused-ring (bicyclic) bond motifs is 2. The minimum absolute atomic E-state index is 0.119. The van der Waals surface area contributed by atoms with Crippen molar-refractivity contribution in [3.8, 4) is 11.5 Å². The maximum absolute atomic E-state index is 5.73. The number of rotatable bonds is 2. The molecule has 4 heteroatoms. The smallest absolute Gasteiger partial charge is 0.162 e. The van der Waals surface area contributed by atoms with Crippen molar-refractivity contribution in [2.75, 3.05) is 20.3 Å². The van der Waals surface area contributed by atoms with Crippen LogP contribution in [0.2, 0.25) is 0 Å². The van der Waals surface area contributed by atoms with Gasteiger partial charge in [0, 0.05) is 27.6 Å². The minimum atomic E-state index is 0.119. The number of ether oxygens (including phenoxy) is 2. The van der Waals surface area contributed by atoms with Gasteiger partial charge in [-0.15, -0.1) is 11.3 Å². The standard InChI is InChI=1S/C16H21NO2S/c1-16(2,3)15-10-7-11-12(19-6-5-18-11)8-13(10)20-14(15)9-17-4/h7-8,17H,5-6,9H2,1-4H3. The second-order valence-electron chi connectivity index (χ2n) is 6.17. The Morgan fingerprint density at radius 1 is 1.15 bits per heavy atom. The largest absolute Gasteiger partial charge is 0.486 e. The van der Waals surface area contributed by atoms with Gasteiger partial charge in [-0.25, -0.2) is 0 Å². The van der Waals surface area contributed by atoms with Crippen LogP contribution >= 0.6 is 11.3 Å². The monoisotopic (exact) mass is 291 g/mol. The highest BCUT2D eigenvalue weighted by Gasteiger charge is 2.25. The highest BCUT2D eigenvalue weighted by molar-refractivity contribution is 7.19. The average Bonchev–Trinajstić information content (AvgIpc) is 2.73. The summed E-state index contributed by atoms with van der Waals surface area (Å²) in [5.74, 6) is 1.75. The molecule has 3 nitrogen and oxygen atoms in total. The van der Waals surface area contributed by atoms with Crippen LogP contribution in [0.3, 0.4) is 0 Å². The Kier molecular flexibility index (Phi) is 3.38. The molecular formula is C16H21NO2S. The lowest BCUT2D eigenvalue weighted by atomic mass is 9.84. The van der Waals surface area contributed by atoms with Crippen LogP contribution in [-0.4, -0.2) is 20.3 Å². The van der Waals surface area contributed by atoms with Crippen LogP contribution in [-0.2, 0) is 12.0 Å². The lowest BCUT2D eigenvalue weighted by Crippen LogP contribution is -2.16. The molecule has 2 heterocycles. The molecule has 20 heavy (non-hydrogen) atoms. The summed E-state index contributed by atoms with van der Waals surface area (Å²) in [7, 11) is 1.99. The summed E-state index contributed by atoms with van der Waals surface area (Å²) in [4.78, 5) is 1.40. The van der Waals surface area contributed by atoms with Gasteiger partial charge >= 0.3 is 0 Å². The van der Waals surface area contributed by atoms with Gasteiger partial charge in [-0.2, -0.15) is 0 Å². The third kappa shape index (κ3) is 2.27. The van der Waals surface area contributed by atoms with E-state index in [9.17, 15) is 0 Å². The zero-order chi connectivity index (χ0) is 14.3. The van der Waals surface area contributed by atoms with Crippen LogP contribution in [0.4, 0.5) is 0 Å². The van der Waals surface area contributed by atoms with Crippen LogP contribution < -0.4 is 14.8 Å². The maximum atomic E-state index is 5.73. The predicted octanol–water partition coefficient (Wildman–Crippen LogP) is 3.69. The molecule has 0 bridgehead atoms. The first kappa shape index (κ1) is 13.7.